The average Bonchev–Trinajstić information content (AvgIpc) is 2.61. The number of nitrogens with zero attached hydrogens (tertiary/aromatic N) is 1. The van der Waals surface area contributed by atoms with Gasteiger partial charge in [-0.15, -0.1) is 11.8 Å². The molecule has 0 aliphatic carbocycles. The summed E-state index contributed by atoms with van der Waals surface area (Å²) in [6, 6.07) is 19.5. The van der Waals surface area contributed by atoms with Crippen molar-refractivity contribution in [3.8, 4) is 0 Å². The Hall–Kier alpha value is -1.25. The number of hydrogen-bond donors (Lipinski definition) is 0. The highest BCUT2D eigenvalue weighted by molar-refractivity contribution is 7.99. The second-order valence-electron chi connectivity index (χ2n) is 4.65. The molecule has 0 radical (unpaired) electrons. The zero-order valence-corrected chi connectivity index (χ0v) is 11.2. The Morgan fingerprint density at radius 3 is 2.61 bits per heavy atom. The van der Waals surface area contributed by atoms with Crippen molar-refractivity contribution in [3.63, 3.8) is 0 Å². The molecule has 1 heterocycles. The second-order valence-corrected chi connectivity index (χ2v) is 5.79. The fourth-order valence-electron chi connectivity index (χ4n) is 2.36. The van der Waals surface area contributed by atoms with Crippen molar-refractivity contribution in [3.05, 3.63) is 65.7 Å². The number of fused-ring (bicyclic) bond motifs is 1. The van der Waals surface area contributed by atoms with Crippen molar-refractivity contribution in [2.45, 2.75) is 18.0 Å². The number of hydrogen-bond acceptors (Lipinski definition) is 2. The molecular weight excluding hydrogens is 238 g/mol. The maximum Gasteiger partial charge on any atom is 0.0248 e. The van der Waals surface area contributed by atoms with Crippen LogP contribution in [0.5, 0.6) is 0 Å². The third-order valence-corrected chi connectivity index (χ3v) is 4.38. The Bertz CT molecular complexity index is 510. The number of benzene rings is 2. The van der Waals surface area contributed by atoms with Crippen molar-refractivity contribution in [2.75, 3.05) is 12.3 Å². The maximum absolute atomic E-state index is 2.54. The molecule has 92 valence electrons. The van der Waals surface area contributed by atoms with Gasteiger partial charge in [-0.3, -0.25) is 4.90 Å². The van der Waals surface area contributed by atoms with Gasteiger partial charge in [0, 0.05) is 30.3 Å². The first-order chi connectivity index (χ1) is 8.92. The molecule has 0 saturated heterocycles. The molecule has 2 heteroatoms. The van der Waals surface area contributed by atoms with Crippen molar-refractivity contribution >= 4 is 11.8 Å². The highest BCUT2D eigenvalue weighted by atomic mass is 32.2. The summed E-state index contributed by atoms with van der Waals surface area (Å²) in [5.41, 5.74) is 2.87. The Labute approximate surface area is 113 Å². The first-order valence-corrected chi connectivity index (χ1v) is 7.37. The van der Waals surface area contributed by atoms with E-state index in [1.165, 1.54) is 21.8 Å². The van der Waals surface area contributed by atoms with Gasteiger partial charge in [0.1, 0.15) is 0 Å². The number of thioether (sulfide) groups is 1. The minimum atomic E-state index is 1.05. The van der Waals surface area contributed by atoms with Gasteiger partial charge in [0.15, 0.2) is 0 Å². The first-order valence-electron chi connectivity index (χ1n) is 6.39. The zero-order chi connectivity index (χ0) is 12.2. The number of rotatable bonds is 2. The Morgan fingerprint density at radius 1 is 0.944 bits per heavy atom. The van der Waals surface area contributed by atoms with Crippen LogP contribution in [-0.2, 0) is 13.1 Å². The molecule has 0 amide bonds. The molecule has 0 aromatic heterocycles. The highest BCUT2D eigenvalue weighted by Crippen LogP contribution is 2.27. The van der Waals surface area contributed by atoms with Gasteiger partial charge in [-0.05, 0) is 17.2 Å². The van der Waals surface area contributed by atoms with Crippen molar-refractivity contribution < 1.29 is 0 Å². The Balaban J connectivity index is 1.75. The lowest BCUT2D eigenvalue weighted by atomic mass is 10.1. The van der Waals surface area contributed by atoms with E-state index in [9.17, 15) is 0 Å². The van der Waals surface area contributed by atoms with E-state index in [4.69, 9.17) is 0 Å². The average molecular weight is 255 g/mol. The van der Waals surface area contributed by atoms with E-state index in [0.717, 1.165) is 19.6 Å². The van der Waals surface area contributed by atoms with Gasteiger partial charge >= 0.3 is 0 Å². The molecule has 0 atom stereocenters. The summed E-state index contributed by atoms with van der Waals surface area (Å²) in [6.07, 6.45) is 0. The lowest BCUT2D eigenvalue weighted by molar-refractivity contribution is 0.274. The van der Waals surface area contributed by atoms with Crippen LogP contribution in [0, 0.1) is 0 Å². The van der Waals surface area contributed by atoms with Gasteiger partial charge in [-0.25, -0.2) is 0 Å². The summed E-state index contributed by atoms with van der Waals surface area (Å²) in [5.74, 6) is 1.18. The molecule has 0 bridgehead atoms. The molecule has 2 aromatic carbocycles. The maximum atomic E-state index is 2.54. The van der Waals surface area contributed by atoms with Crippen LogP contribution in [0.25, 0.3) is 0 Å². The van der Waals surface area contributed by atoms with E-state index in [-0.39, 0.29) is 0 Å². The van der Waals surface area contributed by atoms with Crippen LogP contribution >= 0.6 is 11.8 Å². The molecule has 1 aliphatic rings. The SMILES string of the molecule is c1ccc(CN2CCSc3ccccc3C2)cc1. The van der Waals surface area contributed by atoms with E-state index in [1.807, 2.05) is 11.8 Å². The minimum absolute atomic E-state index is 1.05. The summed E-state index contributed by atoms with van der Waals surface area (Å²) < 4.78 is 0. The summed E-state index contributed by atoms with van der Waals surface area (Å²) in [6.45, 7) is 3.28. The van der Waals surface area contributed by atoms with E-state index in [1.54, 1.807) is 0 Å². The summed E-state index contributed by atoms with van der Waals surface area (Å²) in [4.78, 5) is 3.99. The van der Waals surface area contributed by atoms with Crippen LogP contribution in [0.15, 0.2) is 59.5 Å². The van der Waals surface area contributed by atoms with Crippen molar-refractivity contribution in [1.29, 1.82) is 0 Å². The summed E-state index contributed by atoms with van der Waals surface area (Å²) in [7, 11) is 0. The van der Waals surface area contributed by atoms with Gasteiger partial charge in [-0.1, -0.05) is 48.5 Å². The second kappa shape index (κ2) is 5.59. The quantitative estimate of drug-likeness (QED) is 0.803. The molecule has 0 saturated carbocycles. The molecule has 18 heavy (non-hydrogen) atoms. The summed E-state index contributed by atoms with van der Waals surface area (Å²) in [5, 5.41) is 0. The molecular formula is C16H17NS. The van der Waals surface area contributed by atoms with Crippen LogP contribution in [0.4, 0.5) is 0 Å². The minimum Gasteiger partial charge on any atom is -0.294 e. The van der Waals surface area contributed by atoms with Gasteiger partial charge < -0.3 is 0 Å². The van der Waals surface area contributed by atoms with Gasteiger partial charge in [0.05, 0.1) is 0 Å². The fourth-order valence-corrected chi connectivity index (χ4v) is 3.42. The summed E-state index contributed by atoms with van der Waals surface area (Å²) >= 11 is 1.98. The monoisotopic (exact) mass is 255 g/mol. The normalized spacial score (nSPS) is 16.0. The van der Waals surface area contributed by atoms with Crippen LogP contribution in [0.2, 0.25) is 0 Å². The first kappa shape index (κ1) is 11.8. The molecule has 2 aromatic rings. The largest absolute Gasteiger partial charge is 0.294 e. The van der Waals surface area contributed by atoms with Crippen LogP contribution in [0.1, 0.15) is 11.1 Å². The van der Waals surface area contributed by atoms with Gasteiger partial charge in [0.2, 0.25) is 0 Å². The Kier molecular flexibility index (Phi) is 3.67. The predicted octanol–water partition coefficient (Wildman–Crippen LogP) is 3.79. The third kappa shape index (κ3) is 2.77. The van der Waals surface area contributed by atoms with E-state index >= 15 is 0 Å². The smallest absolute Gasteiger partial charge is 0.0248 e. The van der Waals surface area contributed by atoms with E-state index in [0.29, 0.717) is 0 Å². The lowest BCUT2D eigenvalue weighted by Crippen LogP contribution is -2.23. The van der Waals surface area contributed by atoms with Crippen LogP contribution < -0.4 is 0 Å². The third-order valence-electron chi connectivity index (χ3n) is 3.28. The van der Waals surface area contributed by atoms with E-state index in [2.05, 4.69) is 59.5 Å². The van der Waals surface area contributed by atoms with Crippen LogP contribution in [0.3, 0.4) is 0 Å². The molecule has 3 rings (SSSR count). The molecule has 0 fully saturated rings. The van der Waals surface area contributed by atoms with Gasteiger partial charge in [-0.2, -0.15) is 0 Å². The zero-order valence-electron chi connectivity index (χ0n) is 10.4. The van der Waals surface area contributed by atoms with Crippen molar-refractivity contribution in [2.24, 2.45) is 0 Å². The van der Waals surface area contributed by atoms with Crippen LogP contribution in [-0.4, -0.2) is 17.2 Å². The Morgan fingerprint density at radius 2 is 1.72 bits per heavy atom. The van der Waals surface area contributed by atoms with Gasteiger partial charge in [0.25, 0.3) is 0 Å². The van der Waals surface area contributed by atoms with E-state index < -0.39 is 0 Å². The molecule has 0 unspecified atom stereocenters. The standard InChI is InChI=1S/C16H17NS/c1-2-6-14(7-3-1)12-17-10-11-18-16-9-5-4-8-15(16)13-17/h1-9H,10-13H2. The topological polar surface area (TPSA) is 3.24 Å². The molecule has 0 spiro atoms. The predicted molar refractivity (Wildman–Crippen MR) is 77.7 cm³/mol. The molecule has 1 nitrogen and oxygen atoms in total. The lowest BCUT2D eigenvalue weighted by Gasteiger charge is -2.20. The molecule has 1 aliphatic heterocycles. The highest BCUT2D eigenvalue weighted by Gasteiger charge is 2.14. The molecule has 0 N–H and O–H groups in total. The fraction of sp³-hybridized carbons (Fsp3) is 0.250. The van der Waals surface area contributed by atoms with Crippen molar-refractivity contribution in [1.82, 2.24) is 4.90 Å².